The van der Waals surface area contributed by atoms with Gasteiger partial charge in [-0.15, -0.1) is 5.10 Å². The summed E-state index contributed by atoms with van der Waals surface area (Å²) in [5.41, 5.74) is 3.82. The van der Waals surface area contributed by atoms with Crippen molar-refractivity contribution in [2.24, 2.45) is 18.8 Å². The summed E-state index contributed by atoms with van der Waals surface area (Å²) in [4.78, 5) is 0. The van der Waals surface area contributed by atoms with E-state index >= 15 is 0 Å². The van der Waals surface area contributed by atoms with Crippen molar-refractivity contribution in [3.63, 3.8) is 0 Å². The maximum Gasteiger partial charge on any atom is 0.0775 e. The lowest BCUT2D eigenvalue weighted by Crippen LogP contribution is -2.31. The van der Waals surface area contributed by atoms with Gasteiger partial charge in [-0.05, 0) is 11.7 Å². The van der Waals surface area contributed by atoms with Crippen LogP contribution in [0.15, 0.2) is 6.20 Å². The highest BCUT2D eigenvalue weighted by Crippen LogP contribution is 2.17. The number of aryl methyl sites for hydroxylation is 1. The fourth-order valence-electron chi connectivity index (χ4n) is 1.25. The first-order chi connectivity index (χ1) is 7.15. The van der Waals surface area contributed by atoms with Crippen LogP contribution in [0.25, 0.3) is 0 Å². The van der Waals surface area contributed by atoms with Crippen LogP contribution in [0.4, 0.5) is 0 Å². The second-order valence-electron chi connectivity index (χ2n) is 3.93. The molecule has 1 heterocycles. The topological polar surface area (TPSA) is 68.8 Å². The van der Waals surface area contributed by atoms with Crippen LogP contribution < -0.4 is 11.3 Å². The van der Waals surface area contributed by atoms with Gasteiger partial charge in [-0.3, -0.25) is 16.0 Å². The summed E-state index contributed by atoms with van der Waals surface area (Å²) in [7, 11) is 1.87. The number of nitrogens with one attached hydrogen (secondary N) is 1. The molecule has 3 N–H and O–H groups in total. The van der Waals surface area contributed by atoms with Gasteiger partial charge in [-0.25, -0.2) is 0 Å². The SMILES string of the molecule is CC(C)CSCC(NN)c1cnnn1C. The van der Waals surface area contributed by atoms with E-state index in [4.69, 9.17) is 5.84 Å². The number of hydrogen-bond acceptors (Lipinski definition) is 5. The third-order valence-corrected chi connectivity index (χ3v) is 3.51. The number of aromatic nitrogens is 3. The van der Waals surface area contributed by atoms with Gasteiger partial charge in [-0.1, -0.05) is 19.1 Å². The Balaban J connectivity index is 2.46. The van der Waals surface area contributed by atoms with E-state index in [-0.39, 0.29) is 6.04 Å². The fourth-order valence-corrected chi connectivity index (χ4v) is 2.36. The molecular formula is C9H19N5S. The molecule has 86 valence electrons. The molecular weight excluding hydrogens is 210 g/mol. The Hall–Kier alpha value is -0.590. The van der Waals surface area contributed by atoms with Gasteiger partial charge >= 0.3 is 0 Å². The van der Waals surface area contributed by atoms with E-state index in [0.29, 0.717) is 5.92 Å². The lowest BCUT2D eigenvalue weighted by Gasteiger charge is -2.15. The Kier molecular flexibility index (Phi) is 5.07. The van der Waals surface area contributed by atoms with Crippen molar-refractivity contribution in [1.82, 2.24) is 20.4 Å². The van der Waals surface area contributed by atoms with Gasteiger partial charge in [0.1, 0.15) is 0 Å². The van der Waals surface area contributed by atoms with E-state index in [1.54, 1.807) is 10.9 Å². The third-order valence-electron chi connectivity index (χ3n) is 2.04. The molecule has 5 nitrogen and oxygen atoms in total. The van der Waals surface area contributed by atoms with E-state index in [0.717, 1.165) is 17.2 Å². The van der Waals surface area contributed by atoms with Crippen molar-refractivity contribution in [1.29, 1.82) is 0 Å². The first-order valence-corrected chi connectivity index (χ1v) is 6.19. The second kappa shape index (κ2) is 6.09. The molecule has 0 aliphatic carbocycles. The zero-order valence-corrected chi connectivity index (χ0v) is 10.3. The molecule has 15 heavy (non-hydrogen) atoms. The maximum atomic E-state index is 5.52. The van der Waals surface area contributed by atoms with Gasteiger partial charge in [0.05, 0.1) is 17.9 Å². The molecule has 1 aromatic heterocycles. The Labute approximate surface area is 94.8 Å². The third kappa shape index (κ3) is 3.81. The van der Waals surface area contributed by atoms with Gasteiger partial charge in [0.25, 0.3) is 0 Å². The molecule has 1 aromatic rings. The highest BCUT2D eigenvalue weighted by Gasteiger charge is 2.14. The van der Waals surface area contributed by atoms with Gasteiger partial charge in [0, 0.05) is 12.8 Å². The van der Waals surface area contributed by atoms with Crippen molar-refractivity contribution >= 4 is 11.8 Å². The van der Waals surface area contributed by atoms with Gasteiger partial charge in [-0.2, -0.15) is 11.8 Å². The summed E-state index contributed by atoms with van der Waals surface area (Å²) < 4.78 is 1.75. The zero-order valence-electron chi connectivity index (χ0n) is 9.47. The molecule has 0 bridgehead atoms. The minimum absolute atomic E-state index is 0.119. The van der Waals surface area contributed by atoms with Crippen LogP contribution in [0.1, 0.15) is 25.6 Å². The summed E-state index contributed by atoms with van der Waals surface area (Å²) in [6, 6.07) is 0.119. The van der Waals surface area contributed by atoms with Crippen LogP contribution in [0, 0.1) is 5.92 Å². The van der Waals surface area contributed by atoms with Crippen molar-refractivity contribution < 1.29 is 0 Å². The molecule has 0 saturated heterocycles. The van der Waals surface area contributed by atoms with Crippen molar-refractivity contribution in [3.8, 4) is 0 Å². The smallest absolute Gasteiger partial charge is 0.0775 e. The minimum atomic E-state index is 0.119. The average molecular weight is 229 g/mol. The Bertz CT molecular complexity index is 286. The number of rotatable bonds is 6. The molecule has 1 rings (SSSR count). The molecule has 1 atom stereocenters. The Morgan fingerprint density at radius 1 is 1.53 bits per heavy atom. The van der Waals surface area contributed by atoms with Crippen LogP contribution in [0.2, 0.25) is 0 Å². The van der Waals surface area contributed by atoms with Crippen molar-refractivity contribution in [2.45, 2.75) is 19.9 Å². The van der Waals surface area contributed by atoms with E-state index < -0.39 is 0 Å². The number of nitrogens with two attached hydrogens (primary N) is 1. The fraction of sp³-hybridized carbons (Fsp3) is 0.778. The second-order valence-corrected chi connectivity index (χ2v) is 5.01. The van der Waals surface area contributed by atoms with Crippen LogP contribution in [0.3, 0.4) is 0 Å². The van der Waals surface area contributed by atoms with E-state index in [1.165, 1.54) is 0 Å². The first kappa shape index (κ1) is 12.5. The summed E-state index contributed by atoms with van der Waals surface area (Å²) in [5.74, 6) is 8.31. The molecule has 0 aliphatic rings. The largest absolute Gasteiger partial charge is 0.271 e. The lowest BCUT2D eigenvalue weighted by atomic mass is 10.3. The van der Waals surface area contributed by atoms with Crippen LogP contribution in [-0.2, 0) is 7.05 Å². The van der Waals surface area contributed by atoms with Crippen LogP contribution in [-0.4, -0.2) is 26.5 Å². The highest BCUT2D eigenvalue weighted by molar-refractivity contribution is 7.99. The quantitative estimate of drug-likeness (QED) is 0.555. The van der Waals surface area contributed by atoms with Crippen molar-refractivity contribution in [2.75, 3.05) is 11.5 Å². The summed E-state index contributed by atoms with van der Waals surface area (Å²) in [6.07, 6.45) is 1.75. The van der Waals surface area contributed by atoms with Crippen LogP contribution in [0.5, 0.6) is 0 Å². The van der Waals surface area contributed by atoms with E-state index in [1.807, 2.05) is 18.8 Å². The molecule has 0 aliphatic heterocycles. The summed E-state index contributed by atoms with van der Waals surface area (Å²) in [5, 5.41) is 7.73. The lowest BCUT2D eigenvalue weighted by molar-refractivity contribution is 0.550. The van der Waals surface area contributed by atoms with E-state index in [2.05, 4.69) is 29.6 Å². The normalized spacial score (nSPS) is 13.4. The summed E-state index contributed by atoms with van der Waals surface area (Å²) in [6.45, 7) is 4.42. The Morgan fingerprint density at radius 3 is 2.73 bits per heavy atom. The highest BCUT2D eigenvalue weighted by atomic mass is 32.2. The number of hydrazine groups is 1. The molecule has 0 saturated carbocycles. The number of hydrogen-bond donors (Lipinski definition) is 2. The number of nitrogens with zero attached hydrogens (tertiary/aromatic N) is 3. The molecule has 0 aromatic carbocycles. The minimum Gasteiger partial charge on any atom is -0.271 e. The predicted molar refractivity (Wildman–Crippen MR) is 63.2 cm³/mol. The molecule has 0 amide bonds. The average Bonchev–Trinajstić information content (AvgIpc) is 2.59. The zero-order chi connectivity index (χ0) is 11.3. The van der Waals surface area contributed by atoms with Gasteiger partial charge in [0.2, 0.25) is 0 Å². The number of thioether (sulfide) groups is 1. The first-order valence-electron chi connectivity index (χ1n) is 5.03. The molecule has 0 spiro atoms. The Morgan fingerprint density at radius 2 is 2.27 bits per heavy atom. The van der Waals surface area contributed by atoms with Gasteiger partial charge < -0.3 is 0 Å². The molecule has 6 heteroatoms. The molecule has 1 unspecified atom stereocenters. The van der Waals surface area contributed by atoms with Crippen molar-refractivity contribution in [3.05, 3.63) is 11.9 Å². The maximum absolute atomic E-state index is 5.52. The standard InChI is InChI=1S/C9H19N5S/c1-7(2)5-15-6-8(12-10)9-4-11-13-14(9)3/h4,7-8,12H,5-6,10H2,1-3H3. The predicted octanol–water partition coefficient (Wildman–Crippen LogP) is 0.709. The molecule has 0 radical (unpaired) electrons. The monoisotopic (exact) mass is 229 g/mol. The summed E-state index contributed by atoms with van der Waals surface area (Å²) >= 11 is 1.89. The van der Waals surface area contributed by atoms with E-state index in [9.17, 15) is 0 Å². The van der Waals surface area contributed by atoms with Crippen LogP contribution >= 0.6 is 11.8 Å². The molecule has 0 fully saturated rings. The van der Waals surface area contributed by atoms with Gasteiger partial charge in [0.15, 0.2) is 0 Å².